The fraction of sp³-hybridized carbons (Fsp3) is 0.333. The van der Waals surface area contributed by atoms with Crippen LogP contribution >= 0.6 is 8.03 Å². The first-order valence-electron chi connectivity index (χ1n) is 4.18. The van der Waals surface area contributed by atoms with Crippen LogP contribution in [-0.2, 0) is 4.57 Å². The molecule has 0 spiro atoms. The van der Waals surface area contributed by atoms with E-state index in [2.05, 4.69) is 0 Å². The van der Waals surface area contributed by atoms with E-state index in [1.165, 1.54) is 0 Å². The first-order valence-corrected chi connectivity index (χ1v) is 5.62. The Hall–Kier alpha value is -0.790. The lowest BCUT2D eigenvalue weighted by atomic mass is 10.3. The Kier molecular flexibility index (Phi) is 4.00. The first kappa shape index (κ1) is 10.3. The second kappa shape index (κ2) is 5.05. The number of para-hydroxylation sites is 1. The van der Waals surface area contributed by atoms with Crippen LogP contribution in [-0.4, -0.2) is 10.7 Å². The van der Waals surface area contributed by atoms with E-state index in [1.54, 1.807) is 12.1 Å². The molecule has 0 saturated heterocycles. The van der Waals surface area contributed by atoms with Crippen LogP contribution in [0, 0.1) is 0 Å². The normalized spacial score (nSPS) is 14.9. The minimum Gasteiger partial charge on any atom is -0.481 e. The second-order valence-electron chi connectivity index (χ2n) is 2.67. The summed E-state index contributed by atoms with van der Waals surface area (Å²) < 4.78 is 16.1. The summed E-state index contributed by atoms with van der Waals surface area (Å²) in [4.78, 5) is 8.89. The lowest BCUT2D eigenvalue weighted by Gasteiger charge is -2.13. The SMILES string of the molecule is CCC(Oc1ccccc1)[PH](=O)O. The van der Waals surface area contributed by atoms with Gasteiger partial charge >= 0.3 is 0 Å². The summed E-state index contributed by atoms with van der Waals surface area (Å²) in [5.74, 6) is 0.0779. The zero-order valence-electron chi connectivity index (χ0n) is 7.43. The Labute approximate surface area is 78.2 Å². The Bertz CT molecular complexity index is 273. The standard InChI is InChI=1S/C9H13O3P/c1-2-9(13(10)11)12-8-6-4-3-5-7-8/h3-7,9,13H,2H2,1H3,(H,10,11). The van der Waals surface area contributed by atoms with E-state index in [4.69, 9.17) is 9.63 Å². The highest BCUT2D eigenvalue weighted by atomic mass is 31.1. The summed E-state index contributed by atoms with van der Waals surface area (Å²) in [5.41, 5.74) is 0. The molecule has 0 fully saturated rings. The van der Waals surface area contributed by atoms with E-state index in [0.29, 0.717) is 12.2 Å². The van der Waals surface area contributed by atoms with E-state index in [1.807, 2.05) is 25.1 Å². The second-order valence-corrected chi connectivity index (χ2v) is 3.99. The average molecular weight is 200 g/mol. The van der Waals surface area contributed by atoms with E-state index in [9.17, 15) is 4.57 Å². The molecule has 0 bridgehead atoms. The third-order valence-electron chi connectivity index (χ3n) is 1.67. The van der Waals surface area contributed by atoms with E-state index >= 15 is 0 Å². The van der Waals surface area contributed by atoms with Gasteiger partial charge in [-0.15, -0.1) is 0 Å². The quantitative estimate of drug-likeness (QED) is 0.758. The number of rotatable bonds is 4. The lowest BCUT2D eigenvalue weighted by Crippen LogP contribution is -2.09. The molecule has 0 amide bonds. The summed E-state index contributed by atoms with van der Waals surface area (Å²) in [6.45, 7) is 1.83. The van der Waals surface area contributed by atoms with Gasteiger partial charge < -0.3 is 9.63 Å². The molecule has 1 N–H and O–H groups in total. The van der Waals surface area contributed by atoms with Crippen molar-refractivity contribution in [2.45, 2.75) is 19.2 Å². The lowest BCUT2D eigenvalue weighted by molar-refractivity contribution is 0.257. The minimum absolute atomic E-state index is 0.545. The van der Waals surface area contributed by atoms with Crippen molar-refractivity contribution >= 4 is 8.03 Å². The summed E-state index contributed by atoms with van der Waals surface area (Å²) in [5, 5.41) is 0. The fourth-order valence-electron chi connectivity index (χ4n) is 0.972. The summed E-state index contributed by atoms with van der Waals surface area (Å²) >= 11 is 0. The van der Waals surface area contributed by atoms with Gasteiger partial charge in [-0.3, -0.25) is 4.57 Å². The van der Waals surface area contributed by atoms with Crippen LogP contribution in [0.1, 0.15) is 13.3 Å². The van der Waals surface area contributed by atoms with Gasteiger partial charge in [-0.1, -0.05) is 25.1 Å². The Morgan fingerprint density at radius 2 is 2.08 bits per heavy atom. The molecule has 0 aliphatic carbocycles. The van der Waals surface area contributed by atoms with Crippen LogP contribution in [0.2, 0.25) is 0 Å². The highest BCUT2D eigenvalue weighted by molar-refractivity contribution is 7.38. The van der Waals surface area contributed by atoms with Crippen molar-refractivity contribution in [1.82, 2.24) is 0 Å². The van der Waals surface area contributed by atoms with Crippen LogP contribution in [0.15, 0.2) is 30.3 Å². The van der Waals surface area contributed by atoms with Gasteiger partial charge in [-0.2, -0.15) is 0 Å². The third kappa shape index (κ3) is 3.21. The van der Waals surface area contributed by atoms with Crippen molar-refractivity contribution in [3.8, 4) is 5.75 Å². The maximum absolute atomic E-state index is 10.8. The van der Waals surface area contributed by atoms with Gasteiger partial charge in [-0.25, -0.2) is 0 Å². The van der Waals surface area contributed by atoms with Crippen molar-refractivity contribution in [1.29, 1.82) is 0 Å². The maximum atomic E-state index is 10.8. The number of hydrogen-bond acceptors (Lipinski definition) is 2. The van der Waals surface area contributed by atoms with E-state index in [-0.39, 0.29) is 0 Å². The molecule has 2 atom stereocenters. The van der Waals surface area contributed by atoms with Crippen LogP contribution in [0.3, 0.4) is 0 Å². The molecule has 1 rings (SSSR count). The number of benzene rings is 1. The molecule has 3 nitrogen and oxygen atoms in total. The smallest absolute Gasteiger partial charge is 0.228 e. The van der Waals surface area contributed by atoms with E-state index in [0.717, 1.165) is 0 Å². The van der Waals surface area contributed by atoms with Crippen LogP contribution in [0.5, 0.6) is 5.75 Å². The van der Waals surface area contributed by atoms with Gasteiger partial charge in [0.15, 0.2) is 5.85 Å². The predicted molar refractivity (Wildman–Crippen MR) is 52.4 cm³/mol. The van der Waals surface area contributed by atoms with E-state index < -0.39 is 13.9 Å². The molecule has 13 heavy (non-hydrogen) atoms. The molecular formula is C9H13O3P. The molecule has 0 saturated carbocycles. The van der Waals surface area contributed by atoms with Gasteiger partial charge in [-0.05, 0) is 18.6 Å². The maximum Gasteiger partial charge on any atom is 0.228 e. The van der Waals surface area contributed by atoms with Crippen LogP contribution in [0.4, 0.5) is 0 Å². The largest absolute Gasteiger partial charge is 0.481 e. The number of ether oxygens (including phenoxy) is 1. The molecule has 4 heteroatoms. The topological polar surface area (TPSA) is 46.5 Å². The zero-order chi connectivity index (χ0) is 9.68. The average Bonchev–Trinajstić information content (AvgIpc) is 2.15. The van der Waals surface area contributed by atoms with Gasteiger partial charge in [0.05, 0.1) is 0 Å². The van der Waals surface area contributed by atoms with Gasteiger partial charge in [0.25, 0.3) is 0 Å². The van der Waals surface area contributed by atoms with Crippen molar-refractivity contribution in [3.63, 3.8) is 0 Å². The molecule has 2 unspecified atom stereocenters. The summed E-state index contributed by atoms with van der Waals surface area (Å²) in [6.07, 6.45) is 0.545. The Morgan fingerprint density at radius 1 is 1.46 bits per heavy atom. The monoisotopic (exact) mass is 200 g/mol. The van der Waals surface area contributed by atoms with Crippen molar-refractivity contribution in [2.24, 2.45) is 0 Å². The molecule has 72 valence electrons. The van der Waals surface area contributed by atoms with Gasteiger partial charge in [0.1, 0.15) is 5.75 Å². The number of hydrogen-bond donors (Lipinski definition) is 1. The molecule has 0 radical (unpaired) electrons. The van der Waals surface area contributed by atoms with Crippen molar-refractivity contribution in [3.05, 3.63) is 30.3 Å². The molecule has 0 aliphatic heterocycles. The predicted octanol–water partition coefficient (Wildman–Crippen LogP) is 2.27. The summed E-state index contributed by atoms with van der Waals surface area (Å²) in [7, 11) is -2.59. The molecule has 1 aromatic carbocycles. The molecule has 1 aromatic rings. The Balaban J connectivity index is 2.62. The fourth-order valence-corrected chi connectivity index (χ4v) is 1.56. The van der Waals surface area contributed by atoms with Crippen molar-refractivity contribution in [2.75, 3.05) is 0 Å². The van der Waals surface area contributed by atoms with Gasteiger partial charge in [0, 0.05) is 0 Å². The summed E-state index contributed by atoms with van der Waals surface area (Å²) in [6, 6.07) is 9.07. The van der Waals surface area contributed by atoms with Crippen LogP contribution < -0.4 is 4.74 Å². The van der Waals surface area contributed by atoms with Crippen LogP contribution in [0.25, 0.3) is 0 Å². The molecular weight excluding hydrogens is 187 g/mol. The van der Waals surface area contributed by atoms with Crippen molar-refractivity contribution < 1.29 is 14.2 Å². The highest BCUT2D eigenvalue weighted by Gasteiger charge is 2.12. The van der Waals surface area contributed by atoms with Gasteiger partial charge in [0.2, 0.25) is 8.03 Å². The minimum atomic E-state index is -2.59. The molecule has 0 heterocycles. The molecule has 0 aromatic heterocycles. The Morgan fingerprint density at radius 3 is 2.54 bits per heavy atom. The first-order chi connectivity index (χ1) is 6.24. The zero-order valence-corrected chi connectivity index (χ0v) is 8.43. The highest BCUT2D eigenvalue weighted by Crippen LogP contribution is 2.27. The molecule has 0 aliphatic rings. The third-order valence-corrected chi connectivity index (χ3v) is 2.74.